The molecule has 1 saturated carbocycles. The van der Waals surface area contributed by atoms with Crippen molar-refractivity contribution in [3.8, 4) is 0 Å². The first-order chi connectivity index (χ1) is 12.2. The molecule has 1 fully saturated rings. The fourth-order valence-electron chi connectivity index (χ4n) is 3.52. The molecule has 3 N–H and O–H groups in total. The monoisotopic (exact) mass is 377 g/mol. The third kappa shape index (κ3) is 5.10. The Balaban J connectivity index is 2.31. The Morgan fingerprint density at radius 2 is 2.00 bits per heavy atom. The van der Waals surface area contributed by atoms with Crippen LogP contribution in [0.2, 0.25) is 0 Å². The lowest BCUT2D eigenvalue weighted by Gasteiger charge is -2.33. The van der Waals surface area contributed by atoms with Gasteiger partial charge in [0, 0.05) is 12.2 Å². The first kappa shape index (κ1) is 20.5. The molecule has 1 amide bonds. The number of nitrogens with zero attached hydrogens (tertiary/aromatic N) is 1. The number of rotatable bonds is 5. The molecule has 1 aromatic carbocycles. The van der Waals surface area contributed by atoms with E-state index >= 15 is 0 Å². The molecule has 0 aliphatic heterocycles. The van der Waals surface area contributed by atoms with Crippen molar-refractivity contribution in [1.29, 1.82) is 0 Å². The zero-order valence-electron chi connectivity index (χ0n) is 16.3. The van der Waals surface area contributed by atoms with Gasteiger partial charge in [0.2, 0.25) is 0 Å². The molecule has 6 heteroatoms. The summed E-state index contributed by atoms with van der Waals surface area (Å²) in [6.07, 6.45) is 4.53. The summed E-state index contributed by atoms with van der Waals surface area (Å²) in [5.74, 6) is 0. The van der Waals surface area contributed by atoms with Crippen molar-refractivity contribution >= 4 is 29.1 Å². The van der Waals surface area contributed by atoms with Crippen molar-refractivity contribution in [2.45, 2.75) is 70.9 Å². The molecule has 0 unspecified atom stereocenters. The van der Waals surface area contributed by atoms with E-state index in [1.54, 1.807) is 0 Å². The average molecular weight is 378 g/mol. The van der Waals surface area contributed by atoms with Gasteiger partial charge in [-0.05, 0) is 69.9 Å². The summed E-state index contributed by atoms with van der Waals surface area (Å²) in [6, 6.07) is 8.17. The molecule has 0 heterocycles. The second-order valence-electron chi connectivity index (χ2n) is 7.96. The second-order valence-corrected chi connectivity index (χ2v) is 8.37. The summed E-state index contributed by atoms with van der Waals surface area (Å²) in [4.78, 5) is 14.4. The SMILES string of the molecule is CCCN(C(N)=S)c1cccc(C2(NC(=O)OC(C)(C)C)CCCC2)c1. The molecule has 0 aromatic heterocycles. The number of thiocarbonyl (C=S) groups is 1. The van der Waals surface area contributed by atoms with Gasteiger partial charge in [0.1, 0.15) is 5.60 Å². The maximum absolute atomic E-state index is 12.4. The van der Waals surface area contributed by atoms with Crippen LogP contribution in [0.25, 0.3) is 0 Å². The summed E-state index contributed by atoms with van der Waals surface area (Å²) >= 11 is 5.21. The molecule has 26 heavy (non-hydrogen) atoms. The number of amides is 1. The number of alkyl carbamates (subject to hydrolysis) is 1. The summed E-state index contributed by atoms with van der Waals surface area (Å²) in [5.41, 5.74) is 7.04. The third-order valence-electron chi connectivity index (χ3n) is 4.62. The lowest BCUT2D eigenvalue weighted by Crippen LogP contribution is -2.46. The molecule has 0 bridgehead atoms. The minimum Gasteiger partial charge on any atom is -0.444 e. The van der Waals surface area contributed by atoms with Crippen LogP contribution in [0, 0.1) is 0 Å². The van der Waals surface area contributed by atoms with Crippen LogP contribution in [0.3, 0.4) is 0 Å². The maximum atomic E-state index is 12.4. The number of nitrogens with two attached hydrogens (primary N) is 1. The molecule has 0 saturated heterocycles. The molecule has 1 aliphatic rings. The normalized spacial score (nSPS) is 16.2. The number of ether oxygens (including phenoxy) is 1. The Bertz CT molecular complexity index is 649. The summed E-state index contributed by atoms with van der Waals surface area (Å²) < 4.78 is 5.50. The van der Waals surface area contributed by atoms with Gasteiger partial charge >= 0.3 is 6.09 Å². The molecule has 0 spiro atoms. The van der Waals surface area contributed by atoms with Gasteiger partial charge in [-0.2, -0.15) is 0 Å². The second kappa shape index (κ2) is 8.25. The van der Waals surface area contributed by atoms with Gasteiger partial charge in [-0.1, -0.05) is 31.9 Å². The zero-order chi connectivity index (χ0) is 19.4. The van der Waals surface area contributed by atoms with Gasteiger partial charge in [-0.15, -0.1) is 0 Å². The molecule has 144 valence electrons. The van der Waals surface area contributed by atoms with Crippen LogP contribution in [0.1, 0.15) is 65.4 Å². The van der Waals surface area contributed by atoms with E-state index in [1.807, 2.05) is 37.8 Å². The van der Waals surface area contributed by atoms with Crippen LogP contribution in [0.15, 0.2) is 24.3 Å². The Morgan fingerprint density at radius 1 is 1.35 bits per heavy atom. The van der Waals surface area contributed by atoms with Gasteiger partial charge in [0.05, 0.1) is 5.54 Å². The Morgan fingerprint density at radius 3 is 2.54 bits per heavy atom. The van der Waals surface area contributed by atoms with Gasteiger partial charge in [0.15, 0.2) is 5.11 Å². The highest BCUT2D eigenvalue weighted by molar-refractivity contribution is 7.80. The number of benzene rings is 1. The van der Waals surface area contributed by atoms with Crippen molar-refractivity contribution in [3.05, 3.63) is 29.8 Å². The van der Waals surface area contributed by atoms with Crippen LogP contribution >= 0.6 is 12.2 Å². The van der Waals surface area contributed by atoms with E-state index in [0.29, 0.717) is 5.11 Å². The quantitative estimate of drug-likeness (QED) is 0.743. The van der Waals surface area contributed by atoms with Crippen LogP contribution in [-0.2, 0) is 10.3 Å². The topological polar surface area (TPSA) is 67.6 Å². The molecule has 1 aromatic rings. The molecule has 0 atom stereocenters. The Kier molecular flexibility index (Phi) is 6.50. The van der Waals surface area contributed by atoms with E-state index in [-0.39, 0.29) is 6.09 Å². The smallest absolute Gasteiger partial charge is 0.408 e. The number of anilines is 1. The van der Waals surface area contributed by atoms with Crippen LogP contribution in [-0.4, -0.2) is 23.4 Å². The summed E-state index contributed by atoms with van der Waals surface area (Å²) in [5, 5.41) is 3.51. The lowest BCUT2D eigenvalue weighted by molar-refractivity contribution is 0.0453. The highest BCUT2D eigenvalue weighted by atomic mass is 32.1. The first-order valence-corrected chi connectivity index (χ1v) is 9.76. The van der Waals surface area contributed by atoms with Crippen LogP contribution < -0.4 is 16.0 Å². The van der Waals surface area contributed by atoms with Crippen molar-refractivity contribution in [3.63, 3.8) is 0 Å². The number of carbonyl (C=O) groups is 1. The van der Waals surface area contributed by atoms with Crippen LogP contribution in [0.5, 0.6) is 0 Å². The van der Waals surface area contributed by atoms with Gasteiger partial charge in [-0.25, -0.2) is 4.79 Å². The van der Waals surface area contributed by atoms with Crippen molar-refractivity contribution in [2.75, 3.05) is 11.4 Å². The predicted molar refractivity (Wildman–Crippen MR) is 110 cm³/mol. The van der Waals surface area contributed by atoms with E-state index in [4.69, 9.17) is 22.7 Å². The molecular weight excluding hydrogens is 346 g/mol. The highest BCUT2D eigenvalue weighted by Crippen LogP contribution is 2.40. The highest BCUT2D eigenvalue weighted by Gasteiger charge is 2.38. The Hall–Kier alpha value is -1.82. The molecule has 1 aliphatic carbocycles. The summed E-state index contributed by atoms with van der Waals surface area (Å²) in [6.45, 7) is 8.49. The number of hydrogen-bond donors (Lipinski definition) is 2. The first-order valence-electron chi connectivity index (χ1n) is 9.35. The Labute approximate surface area is 162 Å². The largest absolute Gasteiger partial charge is 0.444 e. The van der Waals surface area contributed by atoms with Crippen molar-refractivity contribution < 1.29 is 9.53 Å². The van der Waals surface area contributed by atoms with Crippen molar-refractivity contribution in [2.24, 2.45) is 5.73 Å². The number of hydrogen-bond acceptors (Lipinski definition) is 3. The molecular formula is C20H31N3O2S. The van der Waals surface area contributed by atoms with E-state index < -0.39 is 11.1 Å². The average Bonchev–Trinajstić information content (AvgIpc) is 3.00. The third-order valence-corrected chi connectivity index (χ3v) is 4.84. The molecule has 5 nitrogen and oxygen atoms in total. The van der Waals surface area contributed by atoms with Gasteiger partial charge in [0.25, 0.3) is 0 Å². The van der Waals surface area contributed by atoms with Gasteiger partial charge < -0.3 is 20.7 Å². The van der Waals surface area contributed by atoms with Gasteiger partial charge in [-0.3, -0.25) is 0 Å². The predicted octanol–water partition coefficient (Wildman–Crippen LogP) is 4.44. The minimum atomic E-state index is -0.518. The number of carbonyl (C=O) groups excluding carboxylic acids is 1. The standard InChI is InChI=1S/C20H31N3O2S/c1-5-13-23(17(21)26)16-10-8-9-15(14-16)20(11-6-7-12-20)22-18(24)25-19(2,3)4/h8-10,14H,5-7,11-13H2,1-4H3,(H2,21,26)(H,22,24). The number of nitrogens with one attached hydrogen (secondary N) is 1. The van der Waals surface area contributed by atoms with E-state index in [2.05, 4.69) is 24.4 Å². The lowest BCUT2D eigenvalue weighted by atomic mass is 9.88. The van der Waals surface area contributed by atoms with Crippen LogP contribution in [0.4, 0.5) is 10.5 Å². The molecule has 2 rings (SSSR count). The summed E-state index contributed by atoms with van der Waals surface area (Å²) in [7, 11) is 0. The van der Waals surface area contributed by atoms with E-state index in [0.717, 1.165) is 49.9 Å². The van der Waals surface area contributed by atoms with E-state index in [9.17, 15) is 4.79 Å². The molecule has 0 radical (unpaired) electrons. The maximum Gasteiger partial charge on any atom is 0.408 e. The minimum absolute atomic E-state index is 0.365. The zero-order valence-corrected chi connectivity index (χ0v) is 17.1. The fourth-order valence-corrected chi connectivity index (χ4v) is 3.72. The van der Waals surface area contributed by atoms with Crippen molar-refractivity contribution in [1.82, 2.24) is 5.32 Å². The fraction of sp³-hybridized carbons (Fsp3) is 0.600. The van der Waals surface area contributed by atoms with E-state index in [1.165, 1.54) is 0 Å².